The minimum Gasteiger partial charge on any atom is -0.238 e. The molecule has 1 heterocycles. The standard InChI is InChI=1S/C11H8N6/c1-8-6-11(14-16-13)15-17(8)10-4-2-9(7-12)3-5-10/h2-6H,1H3. The highest BCUT2D eigenvalue weighted by Crippen LogP contribution is 2.17. The Morgan fingerprint density at radius 3 is 2.71 bits per heavy atom. The number of hydrogen-bond acceptors (Lipinski definition) is 3. The van der Waals surface area contributed by atoms with Gasteiger partial charge in [-0.2, -0.15) is 10.4 Å². The van der Waals surface area contributed by atoms with Gasteiger partial charge in [-0.25, -0.2) is 4.68 Å². The number of benzene rings is 1. The van der Waals surface area contributed by atoms with Gasteiger partial charge >= 0.3 is 0 Å². The monoisotopic (exact) mass is 224 g/mol. The van der Waals surface area contributed by atoms with Crippen LogP contribution < -0.4 is 0 Å². The van der Waals surface area contributed by atoms with Gasteiger partial charge in [0.1, 0.15) is 5.82 Å². The Morgan fingerprint density at radius 2 is 2.12 bits per heavy atom. The number of nitriles is 1. The van der Waals surface area contributed by atoms with Crippen LogP contribution in [0.15, 0.2) is 35.4 Å². The van der Waals surface area contributed by atoms with Crippen molar-refractivity contribution in [3.05, 3.63) is 52.0 Å². The van der Waals surface area contributed by atoms with Crippen LogP contribution in [0.1, 0.15) is 11.3 Å². The third-order valence-electron chi connectivity index (χ3n) is 2.26. The van der Waals surface area contributed by atoms with E-state index in [2.05, 4.69) is 15.1 Å². The fourth-order valence-corrected chi connectivity index (χ4v) is 1.49. The molecule has 2 aromatic rings. The Hall–Kier alpha value is -2.77. The van der Waals surface area contributed by atoms with E-state index in [1.54, 1.807) is 35.0 Å². The lowest BCUT2D eigenvalue weighted by molar-refractivity contribution is 0.846. The van der Waals surface area contributed by atoms with E-state index in [4.69, 9.17) is 10.8 Å². The fourth-order valence-electron chi connectivity index (χ4n) is 1.49. The van der Waals surface area contributed by atoms with Crippen LogP contribution in [-0.4, -0.2) is 9.78 Å². The van der Waals surface area contributed by atoms with E-state index in [-0.39, 0.29) is 0 Å². The van der Waals surface area contributed by atoms with E-state index in [1.165, 1.54) is 0 Å². The van der Waals surface area contributed by atoms with Crippen LogP contribution >= 0.6 is 0 Å². The summed E-state index contributed by atoms with van der Waals surface area (Å²) in [6, 6.07) is 10.7. The van der Waals surface area contributed by atoms with Gasteiger partial charge in [0.15, 0.2) is 0 Å². The molecule has 1 aromatic heterocycles. The highest BCUT2D eigenvalue weighted by atomic mass is 15.3. The van der Waals surface area contributed by atoms with Gasteiger partial charge < -0.3 is 0 Å². The number of aryl methyl sites for hydroxylation is 1. The molecule has 0 saturated carbocycles. The van der Waals surface area contributed by atoms with Gasteiger partial charge in [0.05, 0.1) is 17.3 Å². The zero-order chi connectivity index (χ0) is 12.3. The topological polar surface area (TPSA) is 90.4 Å². The summed E-state index contributed by atoms with van der Waals surface area (Å²) >= 11 is 0. The van der Waals surface area contributed by atoms with Gasteiger partial charge in [0.25, 0.3) is 0 Å². The van der Waals surface area contributed by atoms with Gasteiger partial charge in [-0.05, 0) is 47.9 Å². The molecule has 0 unspecified atom stereocenters. The number of azide groups is 1. The average Bonchev–Trinajstić information content (AvgIpc) is 2.71. The second-order valence-corrected chi connectivity index (χ2v) is 3.40. The van der Waals surface area contributed by atoms with E-state index >= 15 is 0 Å². The van der Waals surface area contributed by atoms with E-state index in [0.29, 0.717) is 11.4 Å². The Balaban J connectivity index is 2.45. The number of nitrogens with zero attached hydrogens (tertiary/aromatic N) is 6. The maximum Gasteiger partial charge on any atom is 0.149 e. The molecule has 0 N–H and O–H groups in total. The molecular formula is C11H8N6. The predicted octanol–water partition coefficient (Wildman–Crippen LogP) is 2.99. The third kappa shape index (κ3) is 2.09. The van der Waals surface area contributed by atoms with Crippen LogP contribution in [-0.2, 0) is 0 Å². The summed E-state index contributed by atoms with van der Waals surface area (Å²) in [5.74, 6) is 0.328. The van der Waals surface area contributed by atoms with Crippen molar-refractivity contribution in [2.24, 2.45) is 5.11 Å². The lowest BCUT2D eigenvalue weighted by Gasteiger charge is -2.03. The van der Waals surface area contributed by atoms with Crippen LogP contribution in [0, 0.1) is 18.3 Å². The van der Waals surface area contributed by atoms with E-state index in [1.807, 2.05) is 13.0 Å². The Bertz CT molecular complexity index is 625. The molecule has 82 valence electrons. The molecule has 2 rings (SSSR count). The largest absolute Gasteiger partial charge is 0.238 e. The van der Waals surface area contributed by atoms with Crippen molar-refractivity contribution in [1.82, 2.24) is 9.78 Å². The van der Waals surface area contributed by atoms with Gasteiger partial charge in [-0.1, -0.05) is 0 Å². The van der Waals surface area contributed by atoms with Crippen molar-refractivity contribution in [2.75, 3.05) is 0 Å². The molecule has 6 nitrogen and oxygen atoms in total. The lowest BCUT2D eigenvalue weighted by Crippen LogP contribution is -1.98. The quantitative estimate of drug-likeness (QED) is 0.445. The molecule has 0 aliphatic carbocycles. The smallest absolute Gasteiger partial charge is 0.149 e. The fraction of sp³-hybridized carbons (Fsp3) is 0.0909. The molecule has 6 heteroatoms. The van der Waals surface area contributed by atoms with Gasteiger partial charge in [0, 0.05) is 10.6 Å². The molecule has 17 heavy (non-hydrogen) atoms. The summed E-state index contributed by atoms with van der Waals surface area (Å²) in [6.07, 6.45) is 0. The summed E-state index contributed by atoms with van der Waals surface area (Å²) in [7, 11) is 0. The van der Waals surface area contributed by atoms with Gasteiger partial charge in [0.2, 0.25) is 0 Å². The van der Waals surface area contributed by atoms with Crippen LogP contribution in [0.2, 0.25) is 0 Å². The molecular weight excluding hydrogens is 216 g/mol. The first-order chi connectivity index (χ1) is 8.24. The van der Waals surface area contributed by atoms with Crippen LogP contribution in [0.3, 0.4) is 0 Å². The molecule has 0 radical (unpaired) electrons. The molecule has 0 saturated heterocycles. The van der Waals surface area contributed by atoms with Crippen molar-refractivity contribution in [1.29, 1.82) is 5.26 Å². The van der Waals surface area contributed by atoms with Crippen molar-refractivity contribution >= 4 is 5.82 Å². The zero-order valence-corrected chi connectivity index (χ0v) is 9.07. The molecule has 0 fully saturated rings. The maximum atomic E-state index is 8.70. The Kier molecular flexibility index (Phi) is 2.77. The summed E-state index contributed by atoms with van der Waals surface area (Å²) in [5, 5.41) is 16.3. The van der Waals surface area contributed by atoms with Gasteiger partial charge in [-0.3, -0.25) is 0 Å². The zero-order valence-electron chi connectivity index (χ0n) is 9.07. The molecule has 0 bridgehead atoms. The highest BCUT2D eigenvalue weighted by molar-refractivity contribution is 5.42. The highest BCUT2D eigenvalue weighted by Gasteiger charge is 2.04. The number of aromatic nitrogens is 2. The minimum atomic E-state index is 0.328. The predicted molar refractivity (Wildman–Crippen MR) is 61.8 cm³/mol. The van der Waals surface area contributed by atoms with E-state index in [0.717, 1.165) is 11.4 Å². The Morgan fingerprint density at radius 1 is 1.41 bits per heavy atom. The molecule has 0 atom stereocenters. The van der Waals surface area contributed by atoms with Crippen molar-refractivity contribution in [2.45, 2.75) is 6.92 Å². The summed E-state index contributed by atoms with van der Waals surface area (Å²) in [6.45, 7) is 1.86. The molecule has 0 aliphatic heterocycles. The first kappa shape index (κ1) is 10.7. The molecule has 0 spiro atoms. The van der Waals surface area contributed by atoms with Crippen molar-refractivity contribution < 1.29 is 0 Å². The normalized spacial score (nSPS) is 9.41. The average molecular weight is 224 g/mol. The van der Waals surface area contributed by atoms with Crippen LogP contribution in [0.25, 0.3) is 16.1 Å². The van der Waals surface area contributed by atoms with Crippen molar-refractivity contribution in [3.8, 4) is 11.8 Å². The molecule has 0 amide bonds. The first-order valence-electron chi connectivity index (χ1n) is 4.87. The van der Waals surface area contributed by atoms with Crippen LogP contribution in [0.4, 0.5) is 5.82 Å². The van der Waals surface area contributed by atoms with Crippen LogP contribution in [0.5, 0.6) is 0 Å². The number of rotatable bonds is 2. The Labute approximate surface area is 97.4 Å². The second kappa shape index (κ2) is 4.39. The summed E-state index contributed by atoms with van der Waals surface area (Å²) in [4.78, 5) is 2.69. The molecule has 0 aliphatic rings. The second-order valence-electron chi connectivity index (χ2n) is 3.40. The maximum absolute atomic E-state index is 8.70. The summed E-state index contributed by atoms with van der Waals surface area (Å²) in [5.41, 5.74) is 10.6. The number of hydrogen-bond donors (Lipinski definition) is 0. The van der Waals surface area contributed by atoms with Crippen molar-refractivity contribution in [3.63, 3.8) is 0 Å². The van der Waals surface area contributed by atoms with Gasteiger partial charge in [-0.15, -0.1) is 0 Å². The minimum absolute atomic E-state index is 0.328. The third-order valence-corrected chi connectivity index (χ3v) is 2.26. The SMILES string of the molecule is Cc1cc(N=[N+]=[N-])nn1-c1ccc(C#N)cc1. The first-order valence-corrected chi connectivity index (χ1v) is 4.87. The summed E-state index contributed by atoms with van der Waals surface area (Å²) < 4.78 is 1.66. The lowest BCUT2D eigenvalue weighted by atomic mass is 10.2. The molecule has 1 aromatic carbocycles. The van der Waals surface area contributed by atoms with E-state index in [9.17, 15) is 0 Å². The van der Waals surface area contributed by atoms with E-state index < -0.39 is 0 Å².